The van der Waals surface area contributed by atoms with Gasteiger partial charge in [0.2, 0.25) is 5.91 Å². The molecule has 0 spiro atoms. The third-order valence-corrected chi connectivity index (χ3v) is 3.17. The van der Waals surface area contributed by atoms with E-state index in [1.54, 1.807) is 11.8 Å². The highest BCUT2D eigenvalue weighted by Gasteiger charge is 2.34. The SMILES string of the molecule is CCCC1CC(=O)N(C(CC)C(C)=O)C1. The van der Waals surface area contributed by atoms with Gasteiger partial charge in [-0.15, -0.1) is 0 Å². The van der Waals surface area contributed by atoms with Crippen molar-refractivity contribution in [2.24, 2.45) is 5.92 Å². The fraction of sp³-hybridized carbons (Fsp3) is 0.833. The number of hydrogen-bond acceptors (Lipinski definition) is 2. The second-order valence-corrected chi connectivity index (χ2v) is 4.44. The predicted octanol–water partition coefficient (Wildman–Crippen LogP) is 2.00. The Balaban J connectivity index is 2.63. The third-order valence-electron chi connectivity index (χ3n) is 3.17. The van der Waals surface area contributed by atoms with E-state index >= 15 is 0 Å². The molecule has 1 aliphatic rings. The fourth-order valence-corrected chi connectivity index (χ4v) is 2.44. The van der Waals surface area contributed by atoms with Gasteiger partial charge in [0.1, 0.15) is 0 Å². The summed E-state index contributed by atoms with van der Waals surface area (Å²) in [6, 6.07) is -0.181. The molecule has 0 aliphatic carbocycles. The Kier molecular flexibility index (Phi) is 4.30. The van der Waals surface area contributed by atoms with Gasteiger partial charge in [-0.25, -0.2) is 0 Å². The fourth-order valence-electron chi connectivity index (χ4n) is 2.44. The van der Waals surface area contributed by atoms with Crippen molar-refractivity contribution in [3.63, 3.8) is 0 Å². The summed E-state index contributed by atoms with van der Waals surface area (Å²) in [5, 5.41) is 0. The van der Waals surface area contributed by atoms with Crippen LogP contribution in [0.3, 0.4) is 0 Å². The maximum absolute atomic E-state index is 11.7. The molecule has 0 radical (unpaired) electrons. The molecule has 1 heterocycles. The molecule has 0 aromatic rings. The highest BCUT2D eigenvalue weighted by molar-refractivity contribution is 5.88. The van der Waals surface area contributed by atoms with Gasteiger partial charge in [0, 0.05) is 13.0 Å². The first-order valence-electron chi connectivity index (χ1n) is 5.90. The molecule has 0 aromatic heterocycles. The number of nitrogens with zero attached hydrogens (tertiary/aromatic N) is 1. The van der Waals surface area contributed by atoms with Crippen molar-refractivity contribution < 1.29 is 9.59 Å². The van der Waals surface area contributed by atoms with Gasteiger partial charge in [-0.05, 0) is 25.7 Å². The van der Waals surface area contributed by atoms with Crippen LogP contribution in [0.4, 0.5) is 0 Å². The second kappa shape index (κ2) is 5.29. The quantitative estimate of drug-likeness (QED) is 0.697. The van der Waals surface area contributed by atoms with Gasteiger partial charge in [0.15, 0.2) is 5.78 Å². The van der Waals surface area contributed by atoms with E-state index in [0.717, 1.165) is 25.8 Å². The number of carbonyl (C=O) groups is 2. The predicted molar refractivity (Wildman–Crippen MR) is 59.5 cm³/mol. The van der Waals surface area contributed by atoms with Crippen LogP contribution >= 0.6 is 0 Å². The Morgan fingerprint density at radius 3 is 2.67 bits per heavy atom. The van der Waals surface area contributed by atoms with Crippen molar-refractivity contribution in [1.82, 2.24) is 4.90 Å². The van der Waals surface area contributed by atoms with Crippen LogP contribution in [0.5, 0.6) is 0 Å². The smallest absolute Gasteiger partial charge is 0.223 e. The molecule has 86 valence electrons. The van der Waals surface area contributed by atoms with Crippen LogP contribution in [0, 0.1) is 5.92 Å². The largest absolute Gasteiger partial charge is 0.332 e. The average molecular weight is 211 g/mol. The Labute approximate surface area is 91.8 Å². The van der Waals surface area contributed by atoms with E-state index in [2.05, 4.69) is 6.92 Å². The van der Waals surface area contributed by atoms with Crippen LogP contribution < -0.4 is 0 Å². The Bertz CT molecular complexity index is 250. The minimum atomic E-state index is -0.181. The molecule has 0 bridgehead atoms. The molecule has 1 amide bonds. The van der Waals surface area contributed by atoms with Crippen LogP contribution in [0.2, 0.25) is 0 Å². The lowest BCUT2D eigenvalue weighted by Gasteiger charge is -2.24. The van der Waals surface area contributed by atoms with E-state index in [9.17, 15) is 9.59 Å². The number of likely N-dealkylation sites (tertiary alicyclic amines) is 1. The Hall–Kier alpha value is -0.860. The number of carbonyl (C=O) groups excluding carboxylic acids is 2. The topological polar surface area (TPSA) is 37.4 Å². The molecule has 3 nitrogen and oxygen atoms in total. The van der Waals surface area contributed by atoms with Gasteiger partial charge in [0.05, 0.1) is 6.04 Å². The minimum Gasteiger partial charge on any atom is -0.332 e. The van der Waals surface area contributed by atoms with Gasteiger partial charge in [-0.3, -0.25) is 9.59 Å². The molecule has 3 heteroatoms. The molecule has 2 atom stereocenters. The third kappa shape index (κ3) is 2.80. The minimum absolute atomic E-state index is 0.114. The molecule has 1 aliphatic heterocycles. The van der Waals surface area contributed by atoms with Gasteiger partial charge >= 0.3 is 0 Å². The average Bonchev–Trinajstić information content (AvgIpc) is 2.49. The highest BCUT2D eigenvalue weighted by atomic mass is 16.2. The van der Waals surface area contributed by atoms with Crippen LogP contribution in [0.1, 0.15) is 46.5 Å². The van der Waals surface area contributed by atoms with Crippen molar-refractivity contribution in [2.45, 2.75) is 52.5 Å². The maximum Gasteiger partial charge on any atom is 0.223 e. The summed E-state index contributed by atoms with van der Waals surface area (Å²) in [5.74, 6) is 0.745. The molecule has 0 aromatic carbocycles. The summed E-state index contributed by atoms with van der Waals surface area (Å²) in [6.45, 7) is 6.46. The summed E-state index contributed by atoms with van der Waals surface area (Å²) >= 11 is 0. The summed E-state index contributed by atoms with van der Waals surface area (Å²) in [5.41, 5.74) is 0. The van der Waals surface area contributed by atoms with Gasteiger partial charge in [0.25, 0.3) is 0 Å². The highest BCUT2D eigenvalue weighted by Crippen LogP contribution is 2.25. The number of amides is 1. The molecular weight excluding hydrogens is 190 g/mol. The van der Waals surface area contributed by atoms with Gasteiger partial charge < -0.3 is 4.90 Å². The van der Waals surface area contributed by atoms with Crippen molar-refractivity contribution >= 4 is 11.7 Å². The lowest BCUT2D eigenvalue weighted by atomic mass is 10.0. The lowest BCUT2D eigenvalue weighted by molar-refractivity contribution is -0.135. The summed E-state index contributed by atoms with van der Waals surface area (Å²) in [4.78, 5) is 24.9. The van der Waals surface area contributed by atoms with E-state index in [1.165, 1.54) is 0 Å². The first-order valence-corrected chi connectivity index (χ1v) is 5.90. The standard InChI is InChI=1S/C12H21NO2/c1-4-6-10-7-12(15)13(8-10)11(5-2)9(3)14/h10-11H,4-8H2,1-3H3. The van der Waals surface area contributed by atoms with Crippen molar-refractivity contribution in [2.75, 3.05) is 6.54 Å². The normalized spacial score (nSPS) is 23.3. The molecule has 1 saturated heterocycles. The van der Waals surface area contributed by atoms with Crippen LogP contribution in [-0.2, 0) is 9.59 Å². The van der Waals surface area contributed by atoms with E-state index < -0.39 is 0 Å². The van der Waals surface area contributed by atoms with Crippen LogP contribution in [0.25, 0.3) is 0 Å². The molecule has 15 heavy (non-hydrogen) atoms. The Morgan fingerprint density at radius 1 is 1.53 bits per heavy atom. The molecular formula is C12H21NO2. The van der Waals surface area contributed by atoms with E-state index in [-0.39, 0.29) is 17.7 Å². The molecule has 0 N–H and O–H groups in total. The van der Waals surface area contributed by atoms with Crippen molar-refractivity contribution in [3.8, 4) is 0 Å². The van der Waals surface area contributed by atoms with Gasteiger partial charge in [-0.1, -0.05) is 20.3 Å². The monoisotopic (exact) mass is 211 g/mol. The zero-order chi connectivity index (χ0) is 11.4. The number of Topliss-reactive ketones (excluding diaryl/α,β-unsaturated/α-hetero) is 1. The number of ketones is 1. The summed E-state index contributed by atoms with van der Waals surface area (Å²) in [6.07, 6.45) is 3.58. The zero-order valence-corrected chi connectivity index (χ0v) is 9.95. The maximum atomic E-state index is 11.7. The van der Waals surface area contributed by atoms with Crippen LogP contribution in [-0.4, -0.2) is 29.2 Å². The Morgan fingerprint density at radius 2 is 2.20 bits per heavy atom. The second-order valence-electron chi connectivity index (χ2n) is 4.44. The van der Waals surface area contributed by atoms with Crippen molar-refractivity contribution in [3.05, 3.63) is 0 Å². The lowest BCUT2D eigenvalue weighted by Crippen LogP contribution is -2.40. The molecule has 1 fully saturated rings. The van der Waals surface area contributed by atoms with Crippen molar-refractivity contribution in [1.29, 1.82) is 0 Å². The molecule has 2 unspecified atom stereocenters. The number of rotatable bonds is 5. The zero-order valence-electron chi connectivity index (χ0n) is 9.95. The van der Waals surface area contributed by atoms with E-state index in [1.807, 2.05) is 6.92 Å². The van der Waals surface area contributed by atoms with Gasteiger partial charge in [-0.2, -0.15) is 0 Å². The van der Waals surface area contributed by atoms with Crippen LogP contribution in [0.15, 0.2) is 0 Å². The molecule has 0 saturated carbocycles. The first kappa shape index (κ1) is 12.2. The van der Waals surface area contributed by atoms with E-state index in [0.29, 0.717) is 12.3 Å². The summed E-state index contributed by atoms with van der Waals surface area (Å²) < 4.78 is 0. The first-order chi connectivity index (χ1) is 7.10. The summed E-state index contributed by atoms with van der Waals surface area (Å²) in [7, 11) is 0. The molecule has 1 rings (SSSR count). The van der Waals surface area contributed by atoms with E-state index in [4.69, 9.17) is 0 Å². The number of hydrogen-bond donors (Lipinski definition) is 0.